The van der Waals surface area contributed by atoms with Gasteiger partial charge < -0.3 is 14.9 Å². The van der Waals surface area contributed by atoms with Gasteiger partial charge in [-0.05, 0) is 48.7 Å². The van der Waals surface area contributed by atoms with Gasteiger partial charge in [-0.1, -0.05) is 12.1 Å². The number of hydrogen-bond donors (Lipinski definition) is 2. The summed E-state index contributed by atoms with van der Waals surface area (Å²) in [4.78, 5) is 19.7. The molecule has 2 aromatic heterocycles. The molecule has 4 aromatic rings. The molecule has 5 rings (SSSR count). The van der Waals surface area contributed by atoms with Gasteiger partial charge in [0.15, 0.2) is 5.65 Å². The molecule has 0 saturated carbocycles. The predicted octanol–water partition coefficient (Wildman–Crippen LogP) is 2.84. The number of fused-ring (bicyclic) bond motifs is 1. The highest BCUT2D eigenvalue weighted by Crippen LogP contribution is 2.26. The Morgan fingerprint density at radius 1 is 1.11 bits per heavy atom. The van der Waals surface area contributed by atoms with Gasteiger partial charge in [0, 0.05) is 25.2 Å². The third kappa shape index (κ3) is 5.42. The summed E-state index contributed by atoms with van der Waals surface area (Å²) < 4.78 is 45.6. The molecule has 0 unspecified atom stereocenters. The minimum absolute atomic E-state index is 0.0681. The van der Waals surface area contributed by atoms with E-state index in [1.165, 1.54) is 52.1 Å². The fraction of sp³-hybridized carbons (Fsp3) is 0.346. The minimum Gasteiger partial charge on any atom is -0.435 e. The molecule has 38 heavy (non-hydrogen) atoms. The number of likely N-dealkylation sites (tertiary alicyclic amines) is 1. The van der Waals surface area contributed by atoms with Crippen molar-refractivity contribution < 1.29 is 28.1 Å². The van der Waals surface area contributed by atoms with Crippen LogP contribution in [0.1, 0.15) is 24.0 Å². The number of rotatable bonds is 8. The maximum Gasteiger partial charge on any atom is 0.387 e. The van der Waals surface area contributed by atoms with Crippen LogP contribution >= 0.6 is 0 Å². The Hall–Kier alpha value is -3.74. The van der Waals surface area contributed by atoms with Gasteiger partial charge in [-0.15, -0.1) is 0 Å². The van der Waals surface area contributed by atoms with Gasteiger partial charge in [-0.25, -0.2) is 14.1 Å². The summed E-state index contributed by atoms with van der Waals surface area (Å²) in [6.45, 7) is -1.50. The average molecular weight is 530 g/mol. The van der Waals surface area contributed by atoms with Gasteiger partial charge >= 0.3 is 6.61 Å². The molecule has 1 aliphatic rings. The molecular weight excluding hydrogens is 503 g/mol. The van der Waals surface area contributed by atoms with Crippen LogP contribution < -0.4 is 10.3 Å². The Balaban J connectivity index is 1.26. The number of benzene rings is 2. The van der Waals surface area contributed by atoms with E-state index in [1.54, 1.807) is 12.1 Å². The first-order valence-corrected chi connectivity index (χ1v) is 12.1. The van der Waals surface area contributed by atoms with Crippen molar-refractivity contribution in [1.29, 1.82) is 0 Å². The number of aliphatic hydroxyl groups excluding tert-OH is 1. The normalized spacial score (nSPS) is 15.8. The van der Waals surface area contributed by atoms with Crippen molar-refractivity contribution in [2.24, 2.45) is 0 Å². The van der Waals surface area contributed by atoms with Gasteiger partial charge in [0.2, 0.25) is 0 Å². The lowest BCUT2D eigenvalue weighted by Gasteiger charge is -2.38. The van der Waals surface area contributed by atoms with Gasteiger partial charge in [0.25, 0.3) is 5.56 Å². The van der Waals surface area contributed by atoms with E-state index in [1.807, 2.05) is 0 Å². The Bertz CT molecular complexity index is 1480. The van der Waals surface area contributed by atoms with Crippen molar-refractivity contribution in [3.05, 3.63) is 82.3 Å². The van der Waals surface area contributed by atoms with Crippen molar-refractivity contribution in [3.8, 4) is 11.4 Å². The van der Waals surface area contributed by atoms with E-state index in [4.69, 9.17) is 0 Å². The monoisotopic (exact) mass is 529 g/mol. The van der Waals surface area contributed by atoms with Crippen LogP contribution in [0.4, 0.5) is 13.2 Å². The lowest BCUT2D eigenvalue weighted by atomic mass is 9.91. The summed E-state index contributed by atoms with van der Waals surface area (Å²) in [6, 6.07) is 10.6. The molecule has 1 fully saturated rings. The zero-order valence-corrected chi connectivity index (χ0v) is 20.3. The number of aromatic nitrogens is 4. The number of nitrogens with zero attached hydrogens (tertiary/aromatic N) is 5. The van der Waals surface area contributed by atoms with Crippen LogP contribution in [-0.4, -0.2) is 59.7 Å². The smallest absolute Gasteiger partial charge is 0.387 e. The highest BCUT2D eigenvalue weighted by atomic mass is 19.3. The minimum atomic E-state index is -2.87. The Labute approximate surface area is 215 Å². The van der Waals surface area contributed by atoms with Crippen molar-refractivity contribution in [1.82, 2.24) is 24.2 Å². The van der Waals surface area contributed by atoms with Crippen LogP contribution in [0.5, 0.6) is 5.75 Å². The molecule has 2 aromatic carbocycles. The molecule has 3 heterocycles. The van der Waals surface area contributed by atoms with E-state index < -0.39 is 24.6 Å². The molecular formula is C26H26F3N5O4. The van der Waals surface area contributed by atoms with Gasteiger partial charge in [0.05, 0.1) is 30.6 Å². The van der Waals surface area contributed by atoms with E-state index in [2.05, 4.69) is 19.7 Å². The molecule has 1 aliphatic heterocycles. The fourth-order valence-corrected chi connectivity index (χ4v) is 4.70. The number of halogens is 3. The summed E-state index contributed by atoms with van der Waals surface area (Å²) in [7, 11) is 0. The maximum absolute atomic E-state index is 13.8. The van der Waals surface area contributed by atoms with Crippen LogP contribution in [0.25, 0.3) is 16.7 Å². The Kier molecular flexibility index (Phi) is 7.19. The molecule has 0 atom stereocenters. The largest absolute Gasteiger partial charge is 0.435 e. The molecule has 0 bridgehead atoms. The molecule has 0 spiro atoms. The second-order valence-electron chi connectivity index (χ2n) is 9.43. The summed E-state index contributed by atoms with van der Waals surface area (Å²) in [5.74, 6) is -0.439. The number of ether oxygens (including phenoxy) is 1. The molecule has 0 radical (unpaired) electrons. The molecule has 9 nitrogen and oxygen atoms in total. The van der Waals surface area contributed by atoms with Gasteiger partial charge in [-0.3, -0.25) is 14.3 Å². The van der Waals surface area contributed by atoms with Gasteiger partial charge in [0.1, 0.15) is 23.3 Å². The van der Waals surface area contributed by atoms with E-state index in [0.29, 0.717) is 38.2 Å². The van der Waals surface area contributed by atoms with Crippen LogP contribution in [0.3, 0.4) is 0 Å². The predicted molar refractivity (Wildman–Crippen MR) is 132 cm³/mol. The first kappa shape index (κ1) is 25.9. The van der Waals surface area contributed by atoms with Crippen molar-refractivity contribution in [3.63, 3.8) is 0 Å². The number of piperidine rings is 1. The molecule has 200 valence electrons. The third-order valence-corrected chi connectivity index (χ3v) is 6.80. The summed E-state index contributed by atoms with van der Waals surface area (Å²) in [5.41, 5.74) is 0.324. The highest BCUT2D eigenvalue weighted by Gasteiger charge is 2.33. The SMILES string of the molecule is O=c1c2cnn(-c3ccc(F)c(CO)c3)c2ncn1CC1(O)CCN(Cc2ccc(OC(F)F)cc2)CC1. The van der Waals surface area contributed by atoms with Crippen LogP contribution in [0.2, 0.25) is 0 Å². The quantitative estimate of drug-likeness (QED) is 0.362. The lowest BCUT2D eigenvalue weighted by Crippen LogP contribution is -2.47. The second kappa shape index (κ2) is 10.6. The van der Waals surface area contributed by atoms with Crippen molar-refractivity contribution >= 4 is 11.0 Å². The molecule has 12 heteroatoms. The van der Waals surface area contributed by atoms with E-state index in [9.17, 15) is 28.2 Å². The average Bonchev–Trinajstić information content (AvgIpc) is 3.33. The molecule has 0 aliphatic carbocycles. The first-order chi connectivity index (χ1) is 18.2. The first-order valence-electron chi connectivity index (χ1n) is 12.1. The lowest BCUT2D eigenvalue weighted by molar-refractivity contribution is -0.0498. The van der Waals surface area contributed by atoms with Crippen molar-refractivity contribution in [2.45, 2.75) is 44.8 Å². The number of alkyl halides is 2. The number of hydrogen-bond acceptors (Lipinski definition) is 7. The molecule has 0 amide bonds. The topological polar surface area (TPSA) is 106 Å². The Morgan fingerprint density at radius 2 is 1.84 bits per heavy atom. The van der Waals surface area contributed by atoms with Crippen molar-refractivity contribution in [2.75, 3.05) is 13.1 Å². The van der Waals surface area contributed by atoms with Crippen LogP contribution in [0.15, 0.2) is 59.8 Å². The van der Waals surface area contributed by atoms with Gasteiger partial charge in [-0.2, -0.15) is 13.9 Å². The van der Waals surface area contributed by atoms with Crippen LogP contribution in [0, 0.1) is 5.82 Å². The second-order valence-corrected chi connectivity index (χ2v) is 9.43. The maximum atomic E-state index is 13.8. The third-order valence-electron chi connectivity index (χ3n) is 6.80. The summed E-state index contributed by atoms with van der Waals surface area (Å²) >= 11 is 0. The number of aliphatic hydroxyl groups is 2. The molecule has 1 saturated heterocycles. The molecule has 2 N–H and O–H groups in total. The summed E-state index contributed by atoms with van der Waals surface area (Å²) in [5, 5.41) is 25.0. The fourth-order valence-electron chi connectivity index (χ4n) is 4.70. The van der Waals surface area contributed by atoms with E-state index >= 15 is 0 Å². The standard InChI is InChI=1S/C26H26F3N5O4/c27-22-6-3-19(11-18(22)14-35)34-23-21(12-31-34)24(36)33(16-30-23)15-26(37)7-9-32(10-8-26)13-17-1-4-20(5-2-17)38-25(28)29/h1-6,11-12,16,25,35,37H,7-10,13-15H2. The van der Waals surface area contributed by atoms with Crippen LogP contribution in [-0.2, 0) is 19.7 Å². The summed E-state index contributed by atoms with van der Waals surface area (Å²) in [6.07, 6.45) is 3.62. The zero-order chi connectivity index (χ0) is 26.9. The zero-order valence-electron chi connectivity index (χ0n) is 20.3. The highest BCUT2D eigenvalue weighted by molar-refractivity contribution is 5.75. The van der Waals surface area contributed by atoms with E-state index in [-0.39, 0.29) is 34.5 Å². The van der Waals surface area contributed by atoms with E-state index in [0.717, 1.165) is 5.56 Å². The Morgan fingerprint density at radius 3 is 2.53 bits per heavy atom.